The minimum absolute atomic E-state index is 0.0180. The van der Waals surface area contributed by atoms with Crippen molar-refractivity contribution >= 4 is 10.8 Å². The van der Waals surface area contributed by atoms with Gasteiger partial charge in [-0.05, 0) is 41.8 Å². The van der Waals surface area contributed by atoms with E-state index in [-0.39, 0.29) is 12.4 Å². The van der Waals surface area contributed by atoms with Crippen LogP contribution in [0.1, 0.15) is 17.5 Å². The van der Waals surface area contributed by atoms with Crippen molar-refractivity contribution in [1.82, 2.24) is 0 Å². The molecule has 0 amide bonds. The van der Waals surface area contributed by atoms with Crippen molar-refractivity contribution in [2.24, 2.45) is 0 Å². The van der Waals surface area contributed by atoms with Crippen molar-refractivity contribution in [3.8, 4) is 5.75 Å². The summed E-state index contributed by atoms with van der Waals surface area (Å²) in [5, 5.41) is 8.97. The first kappa shape index (κ1) is 16.6. The monoisotopic (exact) mass is 322 g/mol. The molecule has 22 heavy (non-hydrogen) atoms. The second-order valence-electron chi connectivity index (χ2n) is 4.92. The predicted molar refractivity (Wildman–Crippen MR) is 85.6 cm³/mol. The molecule has 2 rings (SSSR count). The number of hydrogen-bond donors (Lipinski definition) is 1. The van der Waals surface area contributed by atoms with Crippen LogP contribution in [0.5, 0.6) is 5.75 Å². The SMILES string of the molecule is O=S(CCCOc1ccc(F)cc1)Cc1ccc(CO)cc1. The van der Waals surface area contributed by atoms with E-state index in [0.29, 0.717) is 30.3 Å². The first-order valence-electron chi connectivity index (χ1n) is 7.09. The number of rotatable bonds is 8. The molecule has 0 saturated carbocycles. The molecular weight excluding hydrogens is 303 g/mol. The van der Waals surface area contributed by atoms with Crippen LogP contribution in [0.3, 0.4) is 0 Å². The maximum absolute atomic E-state index is 12.7. The molecule has 2 aromatic rings. The highest BCUT2D eigenvalue weighted by Gasteiger charge is 2.03. The first-order chi connectivity index (χ1) is 10.7. The average Bonchev–Trinajstić information content (AvgIpc) is 2.54. The Kier molecular flexibility index (Phi) is 6.55. The lowest BCUT2D eigenvalue weighted by Gasteiger charge is -2.06. The third-order valence-corrected chi connectivity index (χ3v) is 4.53. The molecule has 1 N–H and O–H groups in total. The van der Waals surface area contributed by atoms with E-state index in [1.807, 2.05) is 24.3 Å². The van der Waals surface area contributed by atoms with Gasteiger partial charge in [0.1, 0.15) is 11.6 Å². The smallest absolute Gasteiger partial charge is 0.123 e. The van der Waals surface area contributed by atoms with Gasteiger partial charge in [-0.1, -0.05) is 24.3 Å². The maximum atomic E-state index is 12.7. The molecule has 5 heteroatoms. The van der Waals surface area contributed by atoms with Crippen LogP contribution in [0.15, 0.2) is 48.5 Å². The van der Waals surface area contributed by atoms with Crippen molar-refractivity contribution in [3.63, 3.8) is 0 Å². The van der Waals surface area contributed by atoms with Crippen LogP contribution in [0.25, 0.3) is 0 Å². The van der Waals surface area contributed by atoms with Crippen molar-refractivity contribution in [2.45, 2.75) is 18.8 Å². The summed E-state index contributed by atoms with van der Waals surface area (Å²) in [5.41, 5.74) is 1.84. The number of aliphatic hydroxyl groups is 1. The van der Waals surface area contributed by atoms with Gasteiger partial charge in [-0.25, -0.2) is 4.39 Å². The minimum atomic E-state index is -0.944. The van der Waals surface area contributed by atoms with Crippen molar-refractivity contribution in [3.05, 3.63) is 65.5 Å². The van der Waals surface area contributed by atoms with E-state index in [4.69, 9.17) is 9.84 Å². The molecule has 1 atom stereocenters. The maximum Gasteiger partial charge on any atom is 0.123 e. The number of hydrogen-bond acceptors (Lipinski definition) is 3. The van der Waals surface area contributed by atoms with Crippen LogP contribution < -0.4 is 4.74 Å². The van der Waals surface area contributed by atoms with Gasteiger partial charge in [-0.3, -0.25) is 4.21 Å². The first-order valence-corrected chi connectivity index (χ1v) is 8.58. The summed E-state index contributed by atoms with van der Waals surface area (Å²) in [5.74, 6) is 1.39. The van der Waals surface area contributed by atoms with Gasteiger partial charge in [-0.2, -0.15) is 0 Å². The van der Waals surface area contributed by atoms with Gasteiger partial charge < -0.3 is 9.84 Å². The molecule has 0 heterocycles. The fourth-order valence-electron chi connectivity index (χ4n) is 1.94. The zero-order valence-electron chi connectivity index (χ0n) is 12.2. The second kappa shape index (κ2) is 8.66. The zero-order chi connectivity index (χ0) is 15.8. The van der Waals surface area contributed by atoms with Gasteiger partial charge in [0, 0.05) is 22.3 Å². The molecule has 2 aromatic carbocycles. The molecule has 0 spiro atoms. The molecule has 0 radical (unpaired) electrons. The molecule has 1 unspecified atom stereocenters. The Morgan fingerprint density at radius 1 is 1.00 bits per heavy atom. The summed E-state index contributed by atoms with van der Waals surface area (Å²) in [7, 11) is -0.944. The summed E-state index contributed by atoms with van der Waals surface area (Å²) in [6.45, 7) is 0.477. The molecule has 0 bridgehead atoms. The molecule has 0 aliphatic rings. The average molecular weight is 322 g/mol. The van der Waals surface area contributed by atoms with Crippen LogP contribution in [-0.2, 0) is 23.2 Å². The third-order valence-electron chi connectivity index (χ3n) is 3.13. The Morgan fingerprint density at radius 3 is 2.27 bits per heavy atom. The van der Waals surface area contributed by atoms with Gasteiger partial charge >= 0.3 is 0 Å². The summed E-state index contributed by atoms with van der Waals surface area (Å²) < 4.78 is 30.2. The minimum Gasteiger partial charge on any atom is -0.494 e. The second-order valence-corrected chi connectivity index (χ2v) is 6.50. The summed E-state index contributed by atoms with van der Waals surface area (Å²) in [6.07, 6.45) is 0.679. The standard InChI is InChI=1S/C17H19FO3S/c18-16-6-8-17(9-7-16)21-10-1-11-22(20)13-15-4-2-14(12-19)3-5-15/h2-9,19H,1,10-13H2. The lowest BCUT2D eigenvalue weighted by molar-refractivity contribution is 0.282. The molecule has 0 saturated heterocycles. The summed E-state index contributed by atoms with van der Waals surface area (Å²) >= 11 is 0. The fourth-order valence-corrected chi connectivity index (χ4v) is 3.09. The Morgan fingerprint density at radius 2 is 1.64 bits per heavy atom. The quantitative estimate of drug-likeness (QED) is 0.760. The largest absolute Gasteiger partial charge is 0.494 e. The summed E-state index contributed by atoms with van der Waals surface area (Å²) in [6, 6.07) is 13.3. The van der Waals surface area contributed by atoms with E-state index in [0.717, 1.165) is 11.1 Å². The van der Waals surface area contributed by atoms with Gasteiger partial charge in [-0.15, -0.1) is 0 Å². The van der Waals surface area contributed by atoms with Crippen LogP contribution >= 0.6 is 0 Å². The Hall–Kier alpha value is -1.72. The number of ether oxygens (including phenoxy) is 1. The molecule has 0 aliphatic heterocycles. The highest BCUT2D eigenvalue weighted by Crippen LogP contribution is 2.12. The normalized spacial score (nSPS) is 12.1. The molecule has 0 aromatic heterocycles. The topological polar surface area (TPSA) is 46.5 Å². The van der Waals surface area contributed by atoms with Gasteiger partial charge in [0.15, 0.2) is 0 Å². The Labute approximate surface area is 132 Å². The molecule has 0 aliphatic carbocycles. The van der Waals surface area contributed by atoms with E-state index in [2.05, 4.69) is 0 Å². The molecular formula is C17H19FO3S. The number of halogens is 1. The third kappa shape index (κ3) is 5.58. The Balaban J connectivity index is 1.67. The highest BCUT2D eigenvalue weighted by molar-refractivity contribution is 7.84. The fraction of sp³-hybridized carbons (Fsp3) is 0.294. The lowest BCUT2D eigenvalue weighted by Crippen LogP contribution is -2.06. The lowest BCUT2D eigenvalue weighted by atomic mass is 10.2. The Bertz CT molecular complexity index is 596. The highest BCUT2D eigenvalue weighted by atomic mass is 32.2. The van der Waals surface area contributed by atoms with Gasteiger partial charge in [0.05, 0.1) is 13.2 Å². The zero-order valence-corrected chi connectivity index (χ0v) is 13.0. The summed E-state index contributed by atoms with van der Waals surface area (Å²) in [4.78, 5) is 0. The van der Waals surface area contributed by atoms with Crippen molar-refractivity contribution < 1.29 is 18.4 Å². The van der Waals surface area contributed by atoms with Crippen molar-refractivity contribution in [1.29, 1.82) is 0 Å². The van der Waals surface area contributed by atoms with Gasteiger partial charge in [0.2, 0.25) is 0 Å². The van der Waals surface area contributed by atoms with E-state index in [1.54, 1.807) is 12.1 Å². The number of aliphatic hydroxyl groups excluding tert-OH is 1. The van der Waals surface area contributed by atoms with Crippen LogP contribution in [0.4, 0.5) is 4.39 Å². The van der Waals surface area contributed by atoms with E-state index < -0.39 is 10.8 Å². The number of benzene rings is 2. The van der Waals surface area contributed by atoms with E-state index in [1.165, 1.54) is 12.1 Å². The van der Waals surface area contributed by atoms with Crippen molar-refractivity contribution in [2.75, 3.05) is 12.4 Å². The predicted octanol–water partition coefficient (Wildman–Crippen LogP) is 3.04. The van der Waals surface area contributed by atoms with E-state index in [9.17, 15) is 8.60 Å². The molecule has 0 fully saturated rings. The molecule has 3 nitrogen and oxygen atoms in total. The van der Waals surface area contributed by atoms with E-state index >= 15 is 0 Å². The van der Waals surface area contributed by atoms with Crippen LogP contribution in [0, 0.1) is 5.82 Å². The van der Waals surface area contributed by atoms with Crippen LogP contribution in [-0.4, -0.2) is 21.7 Å². The van der Waals surface area contributed by atoms with Crippen LogP contribution in [0.2, 0.25) is 0 Å². The van der Waals surface area contributed by atoms with Gasteiger partial charge in [0.25, 0.3) is 0 Å². The molecule has 118 valence electrons.